The quantitative estimate of drug-likeness (QED) is 0.830. The van der Waals surface area contributed by atoms with Crippen molar-refractivity contribution < 1.29 is 4.79 Å². The fourth-order valence-corrected chi connectivity index (χ4v) is 2.07. The lowest BCUT2D eigenvalue weighted by atomic mass is 10.1. The maximum absolute atomic E-state index is 12.3. The van der Waals surface area contributed by atoms with E-state index in [2.05, 4.69) is 35.5 Å². The summed E-state index contributed by atoms with van der Waals surface area (Å²) in [5.74, 6) is 0.456. The van der Waals surface area contributed by atoms with E-state index >= 15 is 0 Å². The summed E-state index contributed by atoms with van der Waals surface area (Å²) >= 11 is 0. The molecule has 1 aromatic heterocycles. The number of hydrogen-bond acceptors (Lipinski definition) is 3. The van der Waals surface area contributed by atoms with Gasteiger partial charge in [-0.25, -0.2) is 4.98 Å². The highest BCUT2D eigenvalue weighted by Gasteiger charge is 2.20. The maximum atomic E-state index is 12.3. The van der Waals surface area contributed by atoms with Gasteiger partial charge in [-0.2, -0.15) is 0 Å². The van der Waals surface area contributed by atoms with Crippen molar-refractivity contribution in [2.45, 2.75) is 34.1 Å². The summed E-state index contributed by atoms with van der Waals surface area (Å²) in [6, 6.07) is 3.53. The van der Waals surface area contributed by atoms with Gasteiger partial charge in [0.2, 0.25) is 0 Å². The second kappa shape index (κ2) is 6.39. The zero-order chi connectivity index (χ0) is 15.4. The first-order valence-corrected chi connectivity index (χ1v) is 7.11. The van der Waals surface area contributed by atoms with Crippen molar-refractivity contribution in [1.29, 1.82) is 0 Å². The molecule has 1 amide bonds. The highest BCUT2D eigenvalue weighted by atomic mass is 16.1. The monoisotopic (exact) mass is 283 g/mol. The van der Waals surface area contributed by atoms with E-state index in [1.807, 2.05) is 19.9 Å². The fourth-order valence-electron chi connectivity index (χ4n) is 2.07. The lowest BCUT2D eigenvalue weighted by Gasteiger charge is -2.11. The van der Waals surface area contributed by atoms with Crippen LogP contribution in [0.2, 0.25) is 0 Å². The molecule has 0 atom stereocenters. The third-order valence-corrected chi connectivity index (χ3v) is 3.54. The molecule has 0 aromatic carbocycles. The van der Waals surface area contributed by atoms with Crippen LogP contribution in [0.5, 0.6) is 0 Å². The van der Waals surface area contributed by atoms with Crippen molar-refractivity contribution in [1.82, 2.24) is 10.3 Å². The van der Waals surface area contributed by atoms with Gasteiger partial charge in [0.1, 0.15) is 5.82 Å². The summed E-state index contributed by atoms with van der Waals surface area (Å²) in [5, 5.41) is 6.18. The van der Waals surface area contributed by atoms with E-state index in [4.69, 9.17) is 0 Å². The average Bonchev–Trinajstić information content (AvgIpc) is 2.61. The lowest BCUT2D eigenvalue weighted by Crippen LogP contribution is -2.23. The summed E-state index contributed by atoms with van der Waals surface area (Å²) in [6.45, 7) is 8.14. The van der Waals surface area contributed by atoms with E-state index < -0.39 is 0 Å². The lowest BCUT2D eigenvalue weighted by molar-refractivity contribution is 0.0967. The Morgan fingerprint density at radius 1 is 1.29 bits per heavy atom. The Morgan fingerprint density at radius 3 is 2.76 bits per heavy atom. The third-order valence-electron chi connectivity index (χ3n) is 3.54. The number of anilines is 1. The zero-order valence-electron chi connectivity index (χ0n) is 12.9. The van der Waals surface area contributed by atoms with Gasteiger partial charge >= 0.3 is 0 Å². The number of nitrogens with one attached hydrogen (secondary N) is 2. The predicted octanol–water partition coefficient (Wildman–Crippen LogP) is 3.77. The number of allylic oxidation sites excluding steroid dienone is 5. The molecule has 110 valence electrons. The molecule has 0 fully saturated rings. The Balaban J connectivity index is 2.36. The number of hydrogen-bond donors (Lipinski definition) is 2. The smallest absolute Gasteiger partial charge is 0.259 e. The molecule has 0 bridgehead atoms. The van der Waals surface area contributed by atoms with Crippen LogP contribution in [0.4, 0.5) is 5.82 Å². The average molecular weight is 283 g/mol. The zero-order valence-corrected chi connectivity index (χ0v) is 12.9. The van der Waals surface area contributed by atoms with Gasteiger partial charge in [-0.05, 0) is 44.9 Å². The molecule has 0 saturated carbocycles. The molecule has 21 heavy (non-hydrogen) atoms. The number of pyridine rings is 1. The first kappa shape index (κ1) is 15.0. The van der Waals surface area contributed by atoms with E-state index in [0.29, 0.717) is 11.4 Å². The van der Waals surface area contributed by atoms with Crippen LogP contribution >= 0.6 is 0 Å². The molecular weight excluding hydrogens is 262 g/mol. The van der Waals surface area contributed by atoms with Crippen LogP contribution in [0.15, 0.2) is 53.0 Å². The fraction of sp³-hybridized carbons (Fsp3) is 0.294. The van der Waals surface area contributed by atoms with Gasteiger partial charge in [-0.15, -0.1) is 0 Å². The molecule has 1 aromatic rings. The standard InChI is InChI=1S/C17H21N3O/c1-5-11(2)8-9-12(3)15-13(4)19-16-14(17(21)20-15)7-6-10-18-16/h6-10H,5H2,1-4H3,(H,18,19)(H,20,21)/b11-8+,12-9-. The largest absolute Gasteiger partial charge is 0.341 e. The van der Waals surface area contributed by atoms with Crippen LogP contribution in [0.3, 0.4) is 0 Å². The second-order valence-electron chi connectivity index (χ2n) is 5.19. The van der Waals surface area contributed by atoms with Crippen molar-refractivity contribution in [2.24, 2.45) is 0 Å². The molecule has 1 aliphatic heterocycles. The number of carbonyl (C=O) groups is 1. The van der Waals surface area contributed by atoms with Crippen LogP contribution in [0, 0.1) is 0 Å². The third kappa shape index (κ3) is 3.40. The molecular formula is C17H21N3O. The van der Waals surface area contributed by atoms with Crippen molar-refractivity contribution in [2.75, 3.05) is 5.32 Å². The van der Waals surface area contributed by atoms with Gasteiger partial charge in [-0.1, -0.05) is 24.6 Å². The Bertz CT molecular complexity index is 654. The predicted molar refractivity (Wildman–Crippen MR) is 85.8 cm³/mol. The molecule has 0 unspecified atom stereocenters. The Morgan fingerprint density at radius 2 is 2.05 bits per heavy atom. The number of aromatic nitrogens is 1. The van der Waals surface area contributed by atoms with Crippen LogP contribution in [0.1, 0.15) is 44.5 Å². The minimum atomic E-state index is -0.138. The van der Waals surface area contributed by atoms with Crippen LogP contribution in [-0.2, 0) is 0 Å². The van der Waals surface area contributed by atoms with Gasteiger partial charge in [0.05, 0.1) is 11.3 Å². The molecule has 2 rings (SSSR count). The van der Waals surface area contributed by atoms with Gasteiger partial charge in [-0.3, -0.25) is 4.79 Å². The number of nitrogens with zero attached hydrogens (tertiary/aromatic N) is 1. The molecule has 1 aliphatic rings. The molecule has 4 heteroatoms. The summed E-state index contributed by atoms with van der Waals surface area (Å²) in [6.07, 6.45) is 6.80. The second-order valence-corrected chi connectivity index (χ2v) is 5.19. The van der Waals surface area contributed by atoms with Crippen LogP contribution < -0.4 is 10.6 Å². The van der Waals surface area contributed by atoms with Gasteiger partial charge in [0.15, 0.2) is 0 Å². The van der Waals surface area contributed by atoms with Crippen molar-refractivity contribution in [3.05, 3.63) is 58.6 Å². The molecule has 4 nitrogen and oxygen atoms in total. The molecule has 2 heterocycles. The number of carbonyl (C=O) groups excluding carboxylic acids is 1. The Labute approximate surface area is 125 Å². The molecule has 0 aliphatic carbocycles. The topological polar surface area (TPSA) is 54.0 Å². The summed E-state index contributed by atoms with van der Waals surface area (Å²) in [5.41, 5.74) is 4.55. The maximum Gasteiger partial charge on any atom is 0.259 e. The minimum absolute atomic E-state index is 0.138. The van der Waals surface area contributed by atoms with Gasteiger partial charge in [0.25, 0.3) is 5.91 Å². The van der Waals surface area contributed by atoms with E-state index in [1.54, 1.807) is 18.3 Å². The Kier molecular flexibility index (Phi) is 4.58. The van der Waals surface area contributed by atoms with Crippen molar-refractivity contribution in [3.63, 3.8) is 0 Å². The number of amides is 1. The van der Waals surface area contributed by atoms with Gasteiger partial charge in [0, 0.05) is 11.9 Å². The molecule has 0 radical (unpaired) electrons. The highest BCUT2D eigenvalue weighted by molar-refractivity contribution is 6.01. The van der Waals surface area contributed by atoms with E-state index in [0.717, 1.165) is 23.4 Å². The SMILES string of the molecule is CC/C(C)=C/C=C(/C)C1=C(C)Nc2ncccc2C(=O)N1. The minimum Gasteiger partial charge on any atom is -0.341 e. The normalized spacial score (nSPS) is 16.1. The summed E-state index contributed by atoms with van der Waals surface area (Å²) in [4.78, 5) is 16.5. The van der Waals surface area contributed by atoms with Crippen molar-refractivity contribution in [3.8, 4) is 0 Å². The van der Waals surface area contributed by atoms with Crippen LogP contribution in [0.25, 0.3) is 0 Å². The van der Waals surface area contributed by atoms with Crippen molar-refractivity contribution >= 4 is 11.7 Å². The van der Waals surface area contributed by atoms with E-state index in [1.165, 1.54) is 5.57 Å². The molecule has 2 N–H and O–H groups in total. The first-order chi connectivity index (χ1) is 10.0. The summed E-state index contributed by atoms with van der Waals surface area (Å²) < 4.78 is 0. The molecule has 0 spiro atoms. The Hall–Kier alpha value is -2.36. The number of fused-ring (bicyclic) bond motifs is 1. The van der Waals surface area contributed by atoms with E-state index in [-0.39, 0.29) is 5.91 Å². The summed E-state index contributed by atoms with van der Waals surface area (Å²) in [7, 11) is 0. The van der Waals surface area contributed by atoms with E-state index in [9.17, 15) is 4.79 Å². The highest BCUT2D eigenvalue weighted by Crippen LogP contribution is 2.22. The number of rotatable bonds is 3. The first-order valence-electron chi connectivity index (χ1n) is 7.11. The molecule has 0 saturated heterocycles. The van der Waals surface area contributed by atoms with Crippen LogP contribution in [-0.4, -0.2) is 10.9 Å². The van der Waals surface area contributed by atoms with Gasteiger partial charge < -0.3 is 10.6 Å².